The van der Waals surface area contributed by atoms with Gasteiger partial charge in [-0.15, -0.1) is 12.4 Å². The van der Waals surface area contributed by atoms with Gasteiger partial charge >= 0.3 is 0 Å². The number of Topliss-reactive ketones (excluding diaryl/α,β-unsaturated/α-hetero) is 1. The van der Waals surface area contributed by atoms with Crippen LogP contribution in [0.15, 0.2) is 65.0 Å². The maximum absolute atomic E-state index is 12.3. The van der Waals surface area contributed by atoms with Crippen LogP contribution in [0.25, 0.3) is 16.9 Å². The molecule has 1 aliphatic heterocycles. The summed E-state index contributed by atoms with van der Waals surface area (Å²) in [6.07, 6.45) is 11.6. The molecule has 8 rings (SSSR count). The lowest BCUT2D eigenvalue weighted by atomic mass is 9.73. The van der Waals surface area contributed by atoms with Crippen LogP contribution < -0.4 is 16.0 Å². The number of ketones is 1. The fourth-order valence-electron chi connectivity index (χ4n) is 7.26. The van der Waals surface area contributed by atoms with Gasteiger partial charge in [0, 0.05) is 59.8 Å². The number of piperidine rings is 1. The Hall–Kier alpha value is -3.88. The lowest BCUT2D eigenvalue weighted by Gasteiger charge is -2.42. The van der Waals surface area contributed by atoms with Gasteiger partial charge in [0.15, 0.2) is 11.5 Å². The standard InChI is InChI=1S/C36H39ClN10O2S.ClH/c1-20-24(48)16-36(31(20)38)10-13-46(14-11-36)28-18-41-29(19-40-28)50-25-9-12-39-32(30(25)37)44-34-42-17-22-15-23(21-7-8-21)47(33(22)45-34)27-6-4-5-26(43-27)35(2,3)49;/h4-6,9,12,15,17-21,31,49H,7-8,10-11,13-14,16,38H2,1-3H3,(H,39,42,44,45);1H/t20-,31+;/m1./s1. The summed E-state index contributed by atoms with van der Waals surface area (Å²) in [6, 6.07) is 9.55. The van der Waals surface area contributed by atoms with Crippen LogP contribution in [0.2, 0.25) is 5.02 Å². The lowest BCUT2D eigenvalue weighted by Crippen LogP contribution is -2.48. The maximum Gasteiger partial charge on any atom is 0.230 e. The minimum absolute atomic E-state index is 0. The number of carbonyl (C=O) groups is 1. The molecule has 3 aliphatic rings. The van der Waals surface area contributed by atoms with Crippen LogP contribution in [0.1, 0.15) is 70.2 Å². The Balaban J connectivity index is 0.00000406. The van der Waals surface area contributed by atoms with Crippen molar-refractivity contribution in [2.75, 3.05) is 23.3 Å². The first-order valence-electron chi connectivity index (χ1n) is 17.0. The Bertz CT molecular complexity index is 2090. The molecule has 0 amide bonds. The second-order valence-corrected chi connectivity index (χ2v) is 15.8. The average molecular weight is 748 g/mol. The molecule has 0 bridgehead atoms. The van der Waals surface area contributed by atoms with E-state index in [-0.39, 0.29) is 35.6 Å². The summed E-state index contributed by atoms with van der Waals surface area (Å²) in [6.45, 7) is 7.01. The lowest BCUT2D eigenvalue weighted by molar-refractivity contribution is -0.120. The normalized spacial score (nSPS) is 20.2. The zero-order chi connectivity index (χ0) is 34.8. The first-order valence-corrected chi connectivity index (χ1v) is 18.2. The smallest absolute Gasteiger partial charge is 0.230 e. The van der Waals surface area contributed by atoms with Crippen molar-refractivity contribution in [3.63, 3.8) is 0 Å². The molecule has 2 aliphatic carbocycles. The maximum atomic E-state index is 12.3. The number of aromatic nitrogens is 7. The first kappa shape index (κ1) is 35.5. The van der Waals surface area contributed by atoms with Crippen molar-refractivity contribution in [3.05, 3.63) is 71.5 Å². The third-order valence-electron chi connectivity index (χ3n) is 10.4. The SMILES string of the molecule is C[C@@H]1C(=O)CC2(CCN(c3cnc(Sc4ccnc(Nc5ncc6cc(C7CC7)n(-c7cccc(C(C)(C)O)n7)c6n5)c4Cl)cn3)CC2)[C@H]1N.Cl. The van der Waals surface area contributed by atoms with Crippen LogP contribution in [-0.2, 0) is 10.4 Å². The van der Waals surface area contributed by atoms with Gasteiger partial charge in [-0.05, 0) is 75.1 Å². The summed E-state index contributed by atoms with van der Waals surface area (Å²) in [5, 5.41) is 15.9. The van der Waals surface area contributed by atoms with E-state index in [0.717, 1.165) is 60.6 Å². The van der Waals surface area contributed by atoms with E-state index in [1.165, 1.54) is 11.8 Å². The zero-order valence-electron chi connectivity index (χ0n) is 28.6. The van der Waals surface area contributed by atoms with E-state index < -0.39 is 5.60 Å². The summed E-state index contributed by atoms with van der Waals surface area (Å²) in [4.78, 5) is 43.5. The number of fused-ring (bicyclic) bond motifs is 1. The van der Waals surface area contributed by atoms with Crippen LogP contribution in [0.4, 0.5) is 17.6 Å². The van der Waals surface area contributed by atoms with Crippen molar-refractivity contribution in [2.24, 2.45) is 17.1 Å². The molecule has 4 N–H and O–H groups in total. The van der Waals surface area contributed by atoms with E-state index in [2.05, 4.69) is 35.8 Å². The van der Waals surface area contributed by atoms with Crippen molar-refractivity contribution >= 4 is 70.2 Å². The van der Waals surface area contributed by atoms with Gasteiger partial charge < -0.3 is 21.1 Å². The number of pyridine rings is 2. The van der Waals surface area contributed by atoms with E-state index in [4.69, 9.17) is 32.3 Å². The number of aliphatic hydroxyl groups is 1. The highest BCUT2D eigenvalue weighted by Crippen LogP contribution is 2.47. The number of halogens is 2. The highest BCUT2D eigenvalue weighted by molar-refractivity contribution is 7.99. The van der Waals surface area contributed by atoms with Gasteiger partial charge in [0.25, 0.3) is 0 Å². The van der Waals surface area contributed by atoms with Gasteiger partial charge in [0.1, 0.15) is 28.0 Å². The van der Waals surface area contributed by atoms with E-state index in [1.54, 1.807) is 38.6 Å². The summed E-state index contributed by atoms with van der Waals surface area (Å²) < 4.78 is 2.06. The molecule has 5 aromatic heterocycles. The predicted octanol–water partition coefficient (Wildman–Crippen LogP) is 6.60. The summed E-state index contributed by atoms with van der Waals surface area (Å²) in [5.74, 6) is 2.92. The van der Waals surface area contributed by atoms with Crippen LogP contribution in [0, 0.1) is 11.3 Å². The largest absolute Gasteiger partial charge is 0.384 e. The molecular formula is C36H40Cl2N10O2S. The molecule has 2 atom stereocenters. The minimum Gasteiger partial charge on any atom is -0.384 e. The minimum atomic E-state index is -1.08. The Kier molecular flexibility index (Phi) is 9.46. The number of anilines is 3. The van der Waals surface area contributed by atoms with Crippen molar-refractivity contribution in [1.82, 2.24) is 34.5 Å². The van der Waals surface area contributed by atoms with Gasteiger partial charge in [0.2, 0.25) is 5.95 Å². The van der Waals surface area contributed by atoms with Gasteiger partial charge in [-0.2, -0.15) is 4.98 Å². The number of carbonyl (C=O) groups excluding carboxylic acids is 1. The van der Waals surface area contributed by atoms with Crippen molar-refractivity contribution in [2.45, 2.75) is 80.4 Å². The number of hydrogen-bond donors (Lipinski definition) is 3. The van der Waals surface area contributed by atoms with Crippen LogP contribution >= 0.6 is 35.8 Å². The number of nitrogens with two attached hydrogens (primary N) is 1. The Morgan fingerprint density at radius 2 is 1.82 bits per heavy atom. The summed E-state index contributed by atoms with van der Waals surface area (Å²) >= 11 is 8.28. The second-order valence-electron chi connectivity index (χ2n) is 14.3. The van der Waals surface area contributed by atoms with Crippen molar-refractivity contribution in [1.29, 1.82) is 0 Å². The third kappa shape index (κ3) is 6.77. The van der Waals surface area contributed by atoms with Gasteiger partial charge in [-0.1, -0.05) is 36.4 Å². The molecule has 5 aromatic rings. The van der Waals surface area contributed by atoms with E-state index in [0.29, 0.717) is 51.3 Å². The van der Waals surface area contributed by atoms with E-state index >= 15 is 0 Å². The monoisotopic (exact) mass is 746 g/mol. The highest BCUT2D eigenvalue weighted by Gasteiger charge is 2.50. The fourth-order valence-corrected chi connectivity index (χ4v) is 8.29. The number of nitrogens with zero attached hydrogens (tertiary/aromatic N) is 8. The Morgan fingerprint density at radius 3 is 2.49 bits per heavy atom. The van der Waals surface area contributed by atoms with Crippen molar-refractivity contribution < 1.29 is 9.90 Å². The molecule has 1 spiro atoms. The molecule has 2 saturated carbocycles. The molecule has 0 aromatic carbocycles. The quantitative estimate of drug-likeness (QED) is 0.156. The zero-order valence-corrected chi connectivity index (χ0v) is 31.0. The molecule has 266 valence electrons. The van der Waals surface area contributed by atoms with Crippen molar-refractivity contribution in [3.8, 4) is 5.82 Å². The molecule has 51 heavy (non-hydrogen) atoms. The molecule has 3 fully saturated rings. The molecule has 15 heteroatoms. The molecule has 12 nitrogen and oxygen atoms in total. The summed E-state index contributed by atoms with van der Waals surface area (Å²) in [7, 11) is 0. The number of hydrogen-bond acceptors (Lipinski definition) is 12. The Labute approximate surface area is 311 Å². The van der Waals surface area contributed by atoms with Gasteiger partial charge in [0.05, 0.1) is 23.1 Å². The van der Waals surface area contributed by atoms with Crippen LogP contribution in [-0.4, -0.2) is 64.5 Å². The second kappa shape index (κ2) is 13.6. The highest BCUT2D eigenvalue weighted by atomic mass is 35.5. The Morgan fingerprint density at radius 1 is 1.04 bits per heavy atom. The van der Waals surface area contributed by atoms with Gasteiger partial charge in [-0.25, -0.2) is 24.9 Å². The number of rotatable bonds is 8. The first-order chi connectivity index (χ1) is 24.0. The van der Waals surface area contributed by atoms with Crippen LogP contribution in [0.5, 0.6) is 0 Å². The summed E-state index contributed by atoms with van der Waals surface area (Å²) in [5.41, 5.74) is 7.73. The third-order valence-corrected chi connectivity index (χ3v) is 11.9. The van der Waals surface area contributed by atoms with E-state index in [1.807, 2.05) is 31.2 Å². The van der Waals surface area contributed by atoms with Crippen LogP contribution in [0.3, 0.4) is 0 Å². The topological polar surface area (TPSA) is 161 Å². The molecule has 0 radical (unpaired) electrons. The molecule has 1 saturated heterocycles. The van der Waals surface area contributed by atoms with Gasteiger partial charge in [-0.3, -0.25) is 9.36 Å². The molecule has 0 unspecified atom stereocenters. The number of nitrogens with one attached hydrogen (secondary N) is 1. The average Bonchev–Trinajstić information content (AvgIpc) is 3.86. The van der Waals surface area contributed by atoms with E-state index in [9.17, 15) is 9.90 Å². The fraction of sp³-hybridized carbons (Fsp3) is 0.417. The molecule has 6 heterocycles. The predicted molar refractivity (Wildman–Crippen MR) is 200 cm³/mol. The molecular weight excluding hydrogens is 707 g/mol.